The summed E-state index contributed by atoms with van der Waals surface area (Å²) in [5.74, 6) is 1.16. The average Bonchev–Trinajstić information content (AvgIpc) is 3.39. The molecule has 0 aromatic heterocycles. The van der Waals surface area contributed by atoms with Crippen LogP contribution in [-0.2, 0) is 4.79 Å². The van der Waals surface area contributed by atoms with E-state index >= 15 is 0 Å². The highest BCUT2D eigenvalue weighted by atomic mass is 127. The van der Waals surface area contributed by atoms with Crippen molar-refractivity contribution in [1.82, 2.24) is 16.0 Å². The van der Waals surface area contributed by atoms with Crippen molar-refractivity contribution in [2.24, 2.45) is 4.99 Å². The first-order valence-corrected chi connectivity index (χ1v) is 9.64. The van der Waals surface area contributed by atoms with E-state index in [1.54, 1.807) is 19.2 Å². The molecule has 2 rings (SSSR count). The number of ether oxygens (including phenoxy) is 1. The maximum atomic E-state index is 11.6. The SMILES string of the molecule is CN=C(NCCCC(=O)NC1CC1)NCCOc1c(Cl)cc(Cl)cc1Cl.I. The Labute approximate surface area is 191 Å². The molecule has 10 heteroatoms. The number of carbonyl (C=O) groups is 1. The molecule has 0 bridgehead atoms. The van der Waals surface area contributed by atoms with E-state index in [0.29, 0.717) is 58.9 Å². The lowest BCUT2D eigenvalue weighted by Crippen LogP contribution is -2.40. The molecule has 1 amide bonds. The molecule has 0 unspecified atom stereocenters. The molecule has 0 aliphatic heterocycles. The van der Waals surface area contributed by atoms with Gasteiger partial charge in [0.05, 0.1) is 16.6 Å². The summed E-state index contributed by atoms with van der Waals surface area (Å²) in [6.07, 6.45) is 3.47. The standard InChI is InChI=1S/C17H23Cl3N4O2.HI/c1-21-17(22-6-2-3-15(25)24-12-4-5-12)23-7-8-26-16-13(19)9-11(18)10-14(16)20;/h9-10,12H,2-8H2,1H3,(H,24,25)(H2,21,22,23);1H. The third kappa shape index (κ3) is 9.40. The van der Waals surface area contributed by atoms with Crippen molar-refractivity contribution in [1.29, 1.82) is 0 Å². The van der Waals surface area contributed by atoms with Gasteiger partial charge in [-0.05, 0) is 31.4 Å². The topological polar surface area (TPSA) is 74.8 Å². The largest absolute Gasteiger partial charge is 0.489 e. The van der Waals surface area contributed by atoms with Crippen LogP contribution < -0.4 is 20.7 Å². The van der Waals surface area contributed by atoms with Crippen LogP contribution in [-0.4, -0.2) is 44.7 Å². The van der Waals surface area contributed by atoms with Crippen LogP contribution in [0.2, 0.25) is 15.1 Å². The number of hydrogen-bond donors (Lipinski definition) is 3. The predicted molar refractivity (Wildman–Crippen MR) is 122 cm³/mol. The van der Waals surface area contributed by atoms with Gasteiger partial charge in [-0.3, -0.25) is 9.79 Å². The Balaban J connectivity index is 0.00000364. The number of hydrogen-bond acceptors (Lipinski definition) is 3. The van der Waals surface area contributed by atoms with E-state index in [4.69, 9.17) is 39.5 Å². The van der Waals surface area contributed by atoms with Crippen molar-refractivity contribution in [3.05, 3.63) is 27.2 Å². The van der Waals surface area contributed by atoms with Gasteiger partial charge in [0.25, 0.3) is 0 Å². The highest BCUT2D eigenvalue weighted by molar-refractivity contribution is 14.0. The van der Waals surface area contributed by atoms with Crippen LogP contribution in [0.1, 0.15) is 25.7 Å². The van der Waals surface area contributed by atoms with Crippen LogP contribution in [0.25, 0.3) is 0 Å². The molecule has 1 aromatic carbocycles. The van der Waals surface area contributed by atoms with Crippen molar-refractivity contribution in [2.45, 2.75) is 31.7 Å². The number of aliphatic imine (C=N–C) groups is 1. The summed E-state index contributed by atoms with van der Waals surface area (Å²) >= 11 is 18.0. The van der Waals surface area contributed by atoms with Crippen molar-refractivity contribution in [3.8, 4) is 5.75 Å². The lowest BCUT2D eigenvalue weighted by atomic mass is 10.3. The minimum Gasteiger partial charge on any atom is -0.489 e. The number of nitrogens with one attached hydrogen (secondary N) is 3. The van der Waals surface area contributed by atoms with E-state index < -0.39 is 0 Å². The van der Waals surface area contributed by atoms with Crippen molar-refractivity contribution in [2.75, 3.05) is 26.7 Å². The molecule has 3 N–H and O–H groups in total. The number of guanidine groups is 1. The summed E-state index contributed by atoms with van der Waals surface area (Å²) in [7, 11) is 1.68. The number of rotatable bonds is 9. The summed E-state index contributed by atoms with van der Waals surface area (Å²) < 4.78 is 5.60. The quantitative estimate of drug-likeness (QED) is 0.189. The third-order valence-electron chi connectivity index (χ3n) is 3.64. The van der Waals surface area contributed by atoms with E-state index in [1.165, 1.54) is 0 Å². The Morgan fingerprint density at radius 3 is 2.41 bits per heavy atom. The fraction of sp³-hybridized carbons (Fsp3) is 0.529. The molecule has 1 fully saturated rings. The highest BCUT2D eigenvalue weighted by Gasteiger charge is 2.22. The highest BCUT2D eigenvalue weighted by Crippen LogP contribution is 2.35. The van der Waals surface area contributed by atoms with Crippen molar-refractivity contribution >= 4 is 70.6 Å². The lowest BCUT2D eigenvalue weighted by molar-refractivity contribution is -0.121. The second-order valence-corrected chi connectivity index (χ2v) is 7.17. The average molecular weight is 550 g/mol. The van der Waals surface area contributed by atoms with E-state index in [0.717, 1.165) is 19.3 Å². The molecule has 0 spiro atoms. The van der Waals surface area contributed by atoms with Crippen LogP contribution in [0.15, 0.2) is 17.1 Å². The second-order valence-electron chi connectivity index (χ2n) is 5.92. The number of benzene rings is 1. The first-order chi connectivity index (χ1) is 12.5. The van der Waals surface area contributed by atoms with Crippen LogP contribution in [0, 0.1) is 0 Å². The van der Waals surface area contributed by atoms with E-state index in [9.17, 15) is 4.79 Å². The lowest BCUT2D eigenvalue weighted by Gasteiger charge is -2.14. The molecule has 27 heavy (non-hydrogen) atoms. The minimum absolute atomic E-state index is 0. The smallest absolute Gasteiger partial charge is 0.220 e. The third-order valence-corrected chi connectivity index (χ3v) is 4.42. The molecule has 0 saturated heterocycles. The van der Waals surface area contributed by atoms with Gasteiger partial charge in [0.1, 0.15) is 6.61 Å². The van der Waals surface area contributed by atoms with Gasteiger partial charge in [-0.2, -0.15) is 0 Å². The molecule has 152 valence electrons. The molecular weight excluding hydrogens is 525 g/mol. The predicted octanol–water partition coefficient (Wildman–Crippen LogP) is 3.87. The fourth-order valence-corrected chi connectivity index (χ4v) is 3.12. The summed E-state index contributed by atoms with van der Waals surface area (Å²) in [5.41, 5.74) is 0. The van der Waals surface area contributed by atoms with Crippen molar-refractivity contribution < 1.29 is 9.53 Å². The van der Waals surface area contributed by atoms with Crippen LogP contribution >= 0.6 is 58.8 Å². The molecule has 0 radical (unpaired) electrons. The van der Waals surface area contributed by atoms with Gasteiger partial charge < -0.3 is 20.7 Å². The molecule has 0 heterocycles. The number of nitrogens with zero attached hydrogens (tertiary/aromatic N) is 1. The van der Waals surface area contributed by atoms with Gasteiger partial charge >= 0.3 is 0 Å². The molecule has 1 aromatic rings. The normalized spacial score (nSPS) is 13.6. The zero-order valence-electron chi connectivity index (χ0n) is 15.0. The first-order valence-electron chi connectivity index (χ1n) is 8.51. The molecular formula is C17H24Cl3IN4O2. The van der Waals surface area contributed by atoms with E-state index in [-0.39, 0.29) is 29.9 Å². The first kappa shape index (κ1) is 24.4. The molecule has 6 nitrogen and oxygen atoms in total. The number of amides is 1. The molecule has 0 atom stereocenters. The Morgan fingerprint density at radius 2 is 1.81 bits per heavy atom. The molecule has 1 aliphatic rings. The van der Waals surface area contributed by atoms with Gasteiger partial charge in [0, 0.05) is 31.1 Å². The monoisotopic (exact) mass is 548 g/mol. The van der Waals surface area contributed by atoms with Gasteiger partial charge in [-0.1, -0.05) is 34.8 Å². The fourth-order valence-electron chi connectivity index (χ4n) is 2.19. The van der Waals surface area contributed by atoms with Gasteiger partial charge in [-0.15, -0.1) is 24.0 Å². The van der Waals surface area contributed by atoms with Crippen LogP contribution in [0.5, 0.6) is 5.75 Å². The van der Waals surface area contributed by atoms with Crippen LogP contribution in [0.3, 0.4) is 0 Å². The Bertz CT molecular complexity index is 634. The van der Waals surface area contributed by atoms with Crippen LogP contribution in [0.4, 0.5) is 0 Å². The maximum Gasteiger partial charge on any atom is 0.220 e. The minimum atomic E-state index is 0. The summed E-state index contributed by atoms with van der Waals surface area (Å²) in [6, 6.07) is 3.57. The van der Waals surface area contributed by atoms with E-state index in [1.807, 2.05) is 0 Å². The van der Waals surface area contributed by atoms with E-state index in [2.05, 4.69) is 20.9 Å². The summed E-state index contributed by atoms with van der Waals surface area (Å²) in [6.45, 7) is 1.52. The second kappa shape index (κ2) is 12.7. The van der Waals surface area contributed by atoms with Gasteiger partial charge in [0.2, 0.25) is 5.91 Å². The number of carbonyl (C=O) groups excluding carboxylic acids is 1. The summed E-state index contributed by atoms with van der Waals surface area (Å²) in [4.78, 5) is 15.7. The van der Waals surface area contributed by atoms with Crippen molar-refractivity contribution in [3.63, 3.8) is 0 Å². The van der Waals surface area contributed by atoms with Gasteiger partial charge in [-0.25, -0.2) is 0 Å². The zero-order valence-corrected chi connectivity index (χ0v) is 19.6. The Hall–Kier alpha value is -0.640. The maximum absolute atomic E-state index is 11.6. The molecule has 1 saturated carbocycles. The summed E-state index contributed by atoms with van der Waals surface area (Å²) in [5, 5.41) is 10.4. The Morgan fingerprint density at radius 1 is 1.19 bits per heavy atom. The molecule has 1 aliphatic carbocycles. The zero-order chi connectivity index (χ0) is 18.9. The number of halogens is 4. The Kier molecular flexibility index (Phi) is 11.5. The van der Waals surface area contributed by atoms with Gasteiger partial charge in [0.15, 0.2) is 11.7 Å².